The SMILES string of the molecule is Cc1c(C)c(C)c(N=C(N)N=C(N)N)c(C)c1C. The fourth-order valence-corrected chi connectivity index (χ4v) is 1.92. The van der Waals surface area contributed by atoms with Crippen LogP contribution in [0.2, 0.25) is 0 Å². The molecule has 5 heteroatoms. The van der Waals surface area contributed by atoms with Crippen LogP contribution in [0.25, 0.3) is 0 Å². The van der Waals surface area contributed by atoms with Crippen molar-refractivity contribution in [3.8, 4) is 0 Å². The summed E-state index contributed by atoms with van der Waals surface area (Å²) in [5.74, 6) is -0.0176. The maximum atomic E-state index is 5.69. The maximum absolute atomic E-state index is 5.69. The van der Waals surface area contributed by atoms with Gasteiger partial charge in [-0.3, -0.25) is 0 Å². The Morgan fingerprint density at radius 2 is 1.11 bits per heavy atom. The molecule has 0 unspecified atom stereocenters. The lowest BCUT2D eigenvalue weighted by Gasteiger charge is -2.15. The molecule has 0 radical (unpaired) electrons. The summed E-state index contributed by atoms with van der Waals surface area (Å²) < 4.78 is 0. The lowest BCUT2D eigenvalue weighted by molar-refractivity contribution is 1.16. The first-order valence-electron chi connectivity index (χ1n) is 5.76. The van der Waals surface area contributed by atoms with Gasteiger partial charge in [-0.25, -0.2) is 4.99 Å². The van der Waals surface area contributed by atoms with Crippen molar-refractivity contribution in [3.63, 3.8) is 0 Å². The third kappa shape index (κ3) is 2.61. The molecule has 0 heterocycles. The molecule has 0 fully saturated rings. The molecule has 0 bridgehead atoms. The summed E-state index contributed by atoms with van der Waals surface area (Å²) in [5.41, 5.74) is 23.0. The van der Waals surface area contributed by atoms with E-state index in [0.29, 0.717) is 0 Å². The normalized spacial score (nSPS) is 11.5. The van der Waals surface area contributed by atoms with Crippen LogP contribution in [0, 0.1) is 34.6 Å². The second kappa shape index (κ2) is 5.08. The molecule has 5 nitrogen and oxygen atoms in total. The third-order valence-corrected chi connectivity index (χ3v) is 3.43. The van der Waals surface area contributed by atoms with Crippen molar-refractivity contribution < 1.29 is 0 Å². The number of benzene rings is 1. The van der Waals surface area contributed by atoms with Gasteiger partial charge in [0.2, 0.25) is 5.96 Å². The Balaban J connectivity index is 3.48. The number of hydrogen-bond donors (Lipinski definition) is 3. The molecule has 0 saturated heterocycles. The molecule has 0 saturated carbocycles. The molecule has 1 aromatic rings. The van der Waals surface area contributed by atoms with Crippen LogP contribution in [0.1, 0.15) is 27.8 Å². The number of nitrogens with two attached hydrogens (primary N) is 3. The monoisotopic (exact) mass is 247 g/mol. The third-order valence-electron chi connectivity index (χ3n) is 3.43. The fraction of sp³-hybridized carbons (Fsp3) is 0.385. The van der Waals surface area contributed by atoms with E-state index in [1.54, 1.807) is 0 Å². The Labute approximate surface area is 108 Å². The average molecular weight is 247 g/mol. The Morgan fingerprint density at radius 3 is 1.50 bits per heavy atom. The summed E-state index contributed by atoms with van der Waals surface area (Å²) in [7, 11) is 0. The first-order valence-corrected chi connectivity index (χ1v) is 5.76. The predicted octanol–water partition coefficient (Wildman–Crippen LogP) is 1.45. The van der Waals surface area contributed by atoms with Gasteiger partial charge in [0, 0.05) is 0 Å². The number of hydrogen-bond acceptors (Lipinski definition) is 1. The number of rotatable bonds is 1. The Bertz CT molecular complexity index is 508. The first-order chi connectivity index (χ1) is 8.25. The molecule has 0 spiro atoms. The van der Waals surface area contributed by atoms with Gasteiger partial charge in [-0.2, -0.15) is 4.99 Å². The zero-order chi connectivity index (χ0) is 14.0. The van der Waals surface area contributed by atoms with Crippen LogP contribution in [0.3, 0.4) is 0 Å². The quantitative estimate of drug-likeness (QED) is 0.517. The Hall–Kier alpha value is -2.04. The van der Waals surface area contributed by atoms with E-state index in [1.807, 2.05) is 13.8 Å². The van der Waals surface area contributed by atoms with Crippen LogP contribution in [0.5, 0.6) is 0 Å². The molecule has 18 heavy (non-hydrogen) atoms. The highest BCUT2D eigenvalue weighted by atomic mass is 15.1. The minimum absolute atomic E-state index is 0.0730. The van der Waals surface area contributed by atoms with Crippen LogP contribution in [-0.4, -0.2) is 11.9 Å². The highest BCUT2D eigenvalue weighted by molar-refractivity contribution is 5.94. The molecule has 0 aromatic heterocycles. The summed E-state index contributed by atoms with van der Waals surface area (Å²) in [6, 6.07) is 0. The van der Waals surface area contributed by atoms with Crippen molar-refractivity contribution >= 4 is 17.6 Å². The zero-order valence-electron chi connectivity index (χ0n) is 11.6. The molecule has 1 rings (SSSR count). The molecule has 0 amide bonds. The van der Waals surface area contributed by atoms with Crippen LogP contribution in [0.4, 0.5) is 5.69 Å². The topological polar surface area (TPSA) is 103 Å². The van der Waals surface area contributed by atoms with Gasteiger partial charge in [0.25, 0.3) is 0 Å². The molecule has 6 N–H and O–H groups in total. The summed E-state index contributed by atoms with van der Waals surface area (Å²) in [5, 5.41) is 0. The van der Waals surface area contributed by atoms with E-state index >= 15 is 0 Å². The van der Waals surface area contributed by atoms with E-state index < -0.39 is 0 Å². The van der Waals surface area contributed by atoms with Gasteiger partial charge in [0.1, 0.15) is 0 Å². The molecular weight excluding hydrogens is 226 g/mol. The van der Waals surface area contributed by atoms with Gasteiger partial charge in [-0.1, -0.05) is 0 Å². The minimum atomic E-state index is -0.0906. The molecular formula is C13H21N5. The van der Waals surface area contributed by atoms with Gasteiger partial charge < -0.3 is 17.2 Å². The highest BCUT2D eigenvalue weighted by Crippen LogP contribution is 2.32. The summed E-state index contributed by atoms with van der Waals surface area (Å²) in [6.45, 7) is 10.3. The molecule has 0 aliphatic rings. The smallest absolute Gasteiger partial charge is 0.223 e. The van der Waals surface area contributed by atoms with Gasteiger partial charge in [0.05, 0.1) is 5.69 Å². The molecule has 0 aliphatic carbocycles. The average Bonchev–Trinajstić information content (AvgIpc) is 2.29. The number of nitrogens with zero attached hydrogens (tertiary/aromatic N) is 2. The highest BCUT2D eigenvalue weighted by Gasteiger charge is 2.11. The van der Waals surface area contributed by atoms with Gasteiger partial charge in [-0.05, 0) is 62.4 Å². The van der Waals surface area contributed by atoms with Crippen molar-refractivity contribution in [1.82, 2.24) is 0 Å². The maximum Gasteiger partial charge on any atom is 0.223 e. The van der Waals surface area contributed by atoms with E-state index in [0.717, 1.165) is 16.8 Å². The predicted molar refractivity (Wildman–Crippen MR) is 77.2 cm³/mol. The zero-order valence-corrected chi connectivity index (χ0v) is 11.6. The van der Waals surface area contributed by atoms with Gasteiger partial charge >= 0.3 is 0 Å². The minimum Gasteiger partial charge on any atom is -0.370 e. The van der Waals surface area contributed by atoms with Gasteiger partial charge in [0.15, 0.2) is 5.96 Å². The van der Waals surface area contributed by atoms with E-state index in [1.165, 1.54) is 16.7 Å². The standard InChI is InChI=1S/C13H21N5/c1-6-7(2)9(4)11(10(5)8(6)3)17-13(16)18-12(14)15/h1-5H3,(H6,14,15,16,17,18). The van der Waals surface area contributed by atoms with Crippen LogP contribution in [-0.2, 0) is 0 Å². The van der Waals surface area contributed by atoms with Crippen molar-refractivity contribution in [2.45, 2.75) is 34.6 Å². The van der Waals surface area contributed by atoms with Crippen molar-refractivity contribution in [2.24, 2.45) is 27.2 Å². The lowest BCUT2D eigenvalue weighted by Crippen LogP contribution is -2.26. The Kier molecular flexibility index (Phi) is 3.96. The number of aliphatic imine (C=N–C) groups is 2. The van der Waals surface area contributed by atoms with E-state index in [-0.39, 0.29) is 11.9 Å². The Morgan fingerprint density at radius 1 is 0.722 bits per heavy atom. The van der Waals surface area contributed by atoms with Crippen molar-refractivity contribution in [3.05, 3.63) is 27.8 Å². The summed E-state index contributed by atoms with van der Waals surface area (Å²) in [6.07, 6.45) is 0. The summed E-state index contributed by atoms with van der Waals surface area (Å²) >= 11 is 0. The second-order valence-corrected chi connectivity index (χ2v) is 4.48. The first kappa shape index (κ1) is 14.0. The largest absolute Gasteiger partial charge is 0.370 e. The number of guanidine groups is 2. The van der Waals surface area contributed by atoms with E-state index in [4.69, 9.17) is 17.2 Å². The van der Waals surface area contributed by atoms with Gasteiger partial charge in [-0.15, -0.1) is 0 Å². The van der Waals surface area contributed by atoms with Crippen LogP contribution < -0.4 is 17.2 Å². The van der Waals surface area contributed by atoms with Crippen LogP contribution in [0.15, 0.2) is 9.98 Å². The van der Waals surface area contributed by atoms with E-state index in [2.05, 4.69) is 30.8 Å². The molecule has 0 atom stereocenters. The molecule has 0 aliphatic heterocycles. The summed E-state index contributed by atoms with van der Waals surface area (Å²) in [4.78, 5) is 8.04. The molecule has 1 aromatic carbocycles. The van der Waals surface area contributed by atoms with Crippen LogP contribution >= 0.6 is 0 Å². The van der Waals surface area contributed by atoms with Crippen molar-refractivity contribution in [1.29, 1.82) is 0 Å². The van der Waals surface area contributed by atoms with Crippen molar-refractivity contribution in [2.75, 3.05) is 0 Å². The fourth-order valence-electron chi connectivity index (χ4n) is 1.92. The molecule has 98 valence electrons. The lowest BCUT2D eigenvalue weighted by atomic mass is 9.93. The van der Waals surface area contributed by atoms with E-state index in [9.17, 15) is 0 Å². The second-order valence-electron chi connectivity index (χ2n) is 4.48.